The maximum absolute atomic E-state index is 13.0. The Morgan fingerprint density at radius 2 is 1.77 bits per heavy atom. The van der Waals surface area contributed by atoms with Crippen LogP contribution in [0.2, 0.25) is 0 Å². The second-order valence-electron chi connectivity index (χ2n) is 7.57. The van der Waals surface area contributed by atoms with Crippen molar-refractivity contribution in [3.8, 4) is 10.6 Å². The number of thiazole rings is 1. The molecule has 0 saturated carbocycles. The first-order chi connectivity index (χ1) is 14.2. The molecule has 1 heterocycles. The van der Waals surface area contributed by atoms with E-state index in [4.69, 9.17) is 0 Å². The van der Waals surface area contributed by atoms with Crippen LogP contribution in [0.15, 0.2) is 54.7 Å². The van der Waals surface area contributed by atoms with E-state index < -0.39 is 5.54 Å². The largest absolute Gasteiger partial charge is 0.349 e. The summed E-state index contributed by atoms with van der Waals surface area (Å²) in [6.07, 6.45) is 2.06. The lowest BCUT2D eigenvalue weighted by atomic mass is 9.95. The molecule has 3 rings (SSSR count). The number of halogens is 1. The molecule has 30 heavy (non-hydrogen) atoms. The van der Waals surface area contributed by atoms with Crippen molar-refractivity contribution < 1.29 is 14.0 Å². The fourth-order valence-electron chi connectivity index (χ4n) is 2.96. The second-order valence-corrected chi connectivity index (χ2v) is 9.27. The molecule has 0 aliphatic rings. The van der Waals surface area contributed by atoms with Gasteiger partial charge >= 0.3 is 0 Å². The third-order valence-electron chi connectivity index (χ3n) is 4.33. The number of aromatic nitrogens is 1. The van der Waals surface area contributed by atoms with Crippen molar-refractivity contribution >= 4 is 37.7 Å². The molecule has 0 aliphatic heterocycles. The van der Waals surface area contributed by atoms with Crippen LogP contribution in [0.3, 0.4) is 0 Å². The van der Waals surface area contributed by atoms with Crippen molar-refractivity contribution in [2.24, 2.45) is 0 Å². The van der Waals surface area contributed by atoms with E-state index >= 15 is 0 Å². The Morgan fingerprint density at radius 3 is 2.43 bits per heavy atom. The Balaban J connectivity index is 1.52. The first kappa shape index (κ1) is 22.1. The summed E-state index contributed by atoms with van der Waals surface area (Å²) in [5.41, 5.74) is 1.31. The highest BCUT2D eigenvalue weighted by molar-refractivity contribution is 7.27. The quantitative estimate of drug-likeness (QED) is 0.551. The van der Waals surface area contributed by atoms with Crippen LogP contribution in [0.5, 0.6) is 0 Å². The minimum atomic E-state index is -0.541. The van der Waals surface area contributed by atoms with Gasteiger partial charge in [0.25, 0.3) is 5.91 Å². The average Bonchev–Trinajstić information content (AvgIpc) is 3.18. The number of hydrogen-bond donors (Lipinski definition) is 2. The van der Waals surface area contributed by atoms with Crippen LogP contribution in [0.4, 0.5) is 4.39 Å². The van der Waals surface area contributed by atoms with Gasteiger partial charge in [-0.3, -0.25) is 9.59 Å². The van der Waals surface area contributed by atoms with Crippen molar-refractivity contribution in [3.05, 3.63) is 71.0 Å². The fraction of sp³-hybridized carbons (Fsp3) is 0.227. The van der Waals surface area contributed by atoms with E-state index in [0.717, 1.165) is 21.4 Å². The standard InChI is InChI=1S/C22H23FN3O2PS/c1-22(2,11-14-3-7-16(23)8-4-14)26-19(27)13-24-20(28)18-12-25-21(30-18)15-5-9-17(29)10-6-15/h3-10,12H,11,13,29H2,1-2H3,(H,24,28)(H,26,27). The van der Waals surface area contributed by atoms with E-state index in [0.29, 0.717) is 11.3 Å². The third kappa shape index (κ3) is 6.18. The number of rotatable bonds is 7. The third-order valence-corrected chi connectivity index (χ3v) is 5.76. The van der Waals surface area contributed by atoms with Crippen LogP contribution in [0.1, 0.15) is 29.1 Å². The van der Waals surface area contributed by atoms with Gasteiger partial charge in [-0.25, -0.2) is 9.37 Å². The van der Waals surface area contributed by atoms with Gasteiger partial charge < -0.3 is 10.6 Å². The monoisotopic (exact) mass is 443 g/mol. The van der Waals surface area contributed by atoms with Gasteiger partial charge in [-0.1, -0.05) is 36.4 Å². The SMILES string of the molecule is CC(C)(Cc1ccc(F)cc1)NC(=O)CNC(=O)c1cnc(-c2ccc(P)cc2)s1. The maximum Gasteiger partial charge on any atom is 0.263 e. The molecule has 1 unspecified atom stereocenters. The maximum atomic E-state index is 13.0. The Morgan fingerprint density at radius 1 is 1.10 bits per heavy atom. The van der Waals surface area contributed by atoms with Crippen LogP contribution >= 0.6 is 20.6 Å². The smallest absolute Gasteiger partial charge is 0.263 e. The van der Waals surface area contributed by atoms with Gasteiger partial charge in [0.2, 0.25) is 5.91 Å². The van der Waals surface area contributed by atoms with Gasteiger partial charge in [-0.15, -0.1) is 20.6 Å². The van der Waals surface area contributed by atoms with E-state index in [9.17, 15) is 14.0 Å². The lowest BCUT2D eigenvalue weighted by Gasteiger charge is -2.26. The van der Waals surface area contributed by atoms with Crippen LogP contribution in [0.25, 0.3) is 10.6 Å². The van der Waals surface area contributed by atoms with Crippen LogP contribution < -0.4 is 15.9 Å². The zero-order valence-electron chi connectivity index (χ0n) is 16.7. The van der Waals surface area contributed by atoms with Gasteiger partial charge in [0, 0.05) is 11.1 Å². The number of benzene rings is 2. The molecule has 0 saturated heterocycles. The van der Waals surface area contributed by atoms with E-state index in [2.05, 4.69) is 24.9 Å². The van der Waals surface area contributed by atoms with Crippen molar-refractivity contribution in [3.63, 3.8) is 0 Å². The van der Waals surface area contributed by atoms with E-state index in [1.54, 1.807) is 12.1 Å². The molecule has 0 bridgehead atoms. The molecule has 2 amide bonds. The topological polar surface area (TPSA) is 71.1 Å². The number of hydrogen-bond acceptors (Lipinski definition) is 4. The zero-order valence-corrected chi connectivity index (χ0v) is 18.7. The molecule has 1 atom stereocenters. The average molecular weight is 443 g/mol. The molecule has 1 aromatic heterocycles. The highest BCUT2D eigenvalue weighted by Crippen LogP contribution is 2.24. The predicted molar refractivity (Wildman–Crippen MR) is 122 cm³/mol. The molecule has 2 N–H and O–H groups in total. The first-order valence-electron chi connectivity index (χ1n) is 9.37. The molecule has 2 aromatic carbocycles. The van der Waals surface area contributed by atoms with Crippen LogP contribution in [-0.2, 0) is 11.2 Å². The Hall–Kier alpha value is -2.63. The zero-order chi connectivity index (χ0) is 21.7. The lowest BCUT2D eigenvalue weighted by molar-refractivity contribution is -0.121. The van der Waals surface area contributed by atoms with Gasteiger partial charge in [-0.05, 0) is 43.3 Å². The molecular formula is C22H23FN3O2PS. The molecule has 156 valence electrons. The van der Waals surface area contributed by atoms with Gasteiger partial charge in [-0.2, -0.15) is 0 Å². The molecule has 3 aromatic rings. The number of nitrogens with one attached hydrogen (secondary N) is 2. The van der Waals surface area contributed by atoms with E-state index in [-0.39, 0.29) is 24.2 Å². The second kappa shape index (κ2) is 9.45. The summed E-state index contributed by atoms with van der Waals surface area (Å²) in [6.45, 7) is 3.62. The molecule has 5 nitrogen and oxygen atoms in total. The predicted octanol–water partition coefficient (Wildman–Crippen LogP) is 3.32. The van der Waals surface area contributed by atoms with Crippen molar-refractivity contribution in [1.29, 1.82) is 0 Å². The van der Waals surface area contributed by atoms with Gasteiger partial charge in [0.1, 0.15) is 15.7 Å². The normalized spacial score (nSPS) is 11.2. The minimum absolute atomic E-state index is 0.138. The molecule has 8 heteroatoms. The van der Waals surface area contributed by atoms with Crippen molar-refractivity contribution in [2.75, 3.05) is 6.54 Å². The molecule has 0 aliphatic carbocycles. The minimum Gasteiger partial charge on any atom is -0.349 e. The van der Waals surface area contributed by atoms with Gasteiger partial charge in [0.05, 0.1) is 12.7 Å². The fourth-order valence-corrected chi connectivity index (χ4v) is 3.99. The van der Waals surface area contributed by atoms with Crippen LogP contribution in [-0.4, -0.2) is 28.9 Å². The number of carbonyl (C=O) groups excluding carboxylic acids is 2. The summed E-state index contributed by atoms with van der Waals surface area (Å²) >= 11 is 1.28. The van der Waals surface area contributed by atoms with Gasteiger partial charge in [0.15, 0.2) is 0 Å². The Kier molecular flexibility index (Phi) is 6.95. The molecule has 0 fully saturated rings. The lowest BCUT2D eigenvalue weighted by Crippen LogP contribution is -2.48. The molecule has 0 radical (unpaired) electrons. The summed E-state index contributed by atoms with van der Waals surface area (Å²) in [5.74, 6) is -0.931. The summed E-state index contributed by atoms with van der Waals surface area (Å²) in [5, 5.41) is 7.35. The summed E-state index contributed by atoms with van der Waals surface area (Å²) in [6, 6.07) is 14.0. The first-order valence-corrected chi connectivity index (χ1v) is 10.8. The summed E-state index contributed by atoms with van der Waals surface area (Å²) in [4.78, 5) is 29.4. The van der Waals surface area contributed by atoms with E-state index in [1.165, 1.54) is 29.7 Å². The Bertz CT molecular complexity index is 1030. The highest BCUT2D eigenvalue weighted by atomic mass is 32.1. The number of carbonyl (C=O) groups is 2. The Labute approximate surface area is 181 Å². The highest BCUT2D eigenvalue weighted by Gasteiger charge is 2.21. The number of nitrogens with zero attached hydrogens (tertiary/aromatic N) is 1. The van der Waals surface area contributed by atoms with Crippen molar-refractivity contribution in [2.45, 2.75) is 25.8 Å². The van der Waals surface area contributed by atoms with Crippen LogP contribution in [0, 0.1) is 5.82 Å². The van der Waals surface area contributed by atoms with E-state index in [1.807, 2.05) is 38.1 Å². The van der Waals surface area contributed by atoms with Crippen molar-refractivity contribution in [1.82, 2.24) is 15.6 Å². The summed E-state index contributed by atoms with van der Waals surface area (Å²) < 4.78 is 13.0. The molecule has 0 spiro atoms. The molecular weight excluding hydrogens is 420 g/mol. The summed E-state index contributed by atoms with van der Waals surface area (Å²) in [7, 11) is 2.62. The number of amides is 2.